The van der Waals surface area contributed by atoms with Gasteiger partial charge in [-0.15, -0.1) is 0 Å². The van der Waals surface area contributed by atoms with Gasteiger partial charge in [-0.2, -0.15) is 0 Å². The second-order valence-corrected chi connectivity index (χ2v) is 6.80. The highest BCUT2D eigenvalue weighted by Crippen LogP contribution is 2.37. The van der Waals surface area contributed by atoms with Crippen molar-refractivity contribution < 1.29 is 29.2 Å². The van der Waals surface area contributed by atoms with Gasteiger partial charge in [-0.3, -0.25) is 9.78 Å². The highest BCUT2D eigenvalue weighted by Gasteiger charge is 2.61. The Hall–Kier alpha value is -1.74. The number of hydrogen-bond acceptors (Lipinski definition) is 7. The Bertz CT molecular complexity index is 623. The summed E-state index contributed by atoms with van der Waals surface area (Å²) in [5.41, 5.74) is -0.679. The number of β-lactam (4-membered cyclic amide) rings is 1. The maximum atomic E-state index is 12.5. The molecule has 0 aromatic carbocycles. The molecule has 1 aliphatic heterocycles. The lowest BCUT2D eigenvalue weighted by atomic mass is 9.79. The summed E-state index contributed by atoms with van der Waals surface area (Å²) >= 11 is 0. The molecule has 2 unspecified atom stereocenters. The summed E-state index contributed by atoms with van der Waals surface area (Å²) in [6.07, 6.45) is 5.42. The number of carbonyl (C=O) groups excluding carboxylic acids is 1. The van der Waals surface area contributed by atoms with Crippen LogP contribution in [0, 0.1) is 5.92 Å². The number of aromatic nitrogens is 1. The summed E-state index contributed by atoms with van der Waals surface area (Å²) in [6, 6.07) is 2.91. The lowest BCUT2D eigenvalue weighted by Crippen LogP contribution is -2.77. The van der Waals surface area contributed by atoms with Crippen molar-refractivity contribution in [1.82, 2.24) is 9.88 Å². The minimum atomic E-state index is -1.30. The molecule has 8 heteroatoms. The molecule has 2 atom stereocenters. The molecule has 1 aliphatic carbocycles. The zero-order valence-electron chi connectivity index (χ0n) is 15.0. The van der Waals surface area contributed by atoms with E-state index in [2.05, 4.69) is 4.98 Å². The van der Waals surface area contributed by atoms with Gasteiger partial charge in [0.2, 0.25) is 0 Å². The van der Waals surface area contributed by atoms with Crippen LogP contribution >= 0.6 is 0 Å². The Morgan fingerprint density at radius 2 is 2.19 bits per heavy atom. The molecule has 1 amide bonds. The minimum Gasteiger partial charge on any atom is -0.493 e. The van der Waals surface area contributed by atoms with Crippen molar-refractivity contribution in [3.05, 3.63) is 24.0 Å². The van der Waals surface area contributed by atoms with Crippen molar-refractivity contribution in [2.24, 2.45) is 5.92 Å². The molecule has 1 aromatic heterocycles. The molecule has 0 radical (unpaired) electrons. The van der Waals surface area contributed by atoms with E-state index in [4.69, 9.17) is 14.2 Å². The van der Waals surface area contributed by atoms with Crippen LogP contribution in [0.2, 0.25) is 0 Å². The molecule has 144 valence electrons. The Morgan fingerprint density at radius 1 is 1.38 bits per heavy atom. The highest BCUT2D eigenvalue weighted by atomic mass is 16.7. The van der Waals surface area contributed by atoms with Crippen molar-refractivity contribution in [2.75, 3.05) is 33.8 Å². The van der Waals surface area contributed by atoms with Gasteiger partial charge < -0.3 is 29.3 Å². The maximum Gasteiger partial charge on any atom is 0.259 e. The van der Waals surface area contributed by atoms with E-state index >= 15 is 0 Å². The zero-order chi connectivity index (χ0) is 18.6. The monoisotopic (exact) mass is 366 g/mol. The molecular formula is C18H26N2O6. The first-order valence-electron chi connectivity index (χ1n) is 8.88. The van der Waals surface area contributed by atoms with Crippen LogP contribution in [0.15, 0.2) is 18.3 Å². The van der Waals surface area contributed by atoms with E-state index in [0.717, 1.165) is 12.3 Å². The van der Waals surface area contributed by atoms with Crippen molar-refractivity contribution in [3.63, 3.8) is 0 Å². The number of ether oxygens (including phenoxy) is 3. The van der Waals surface area contributed by atoms with E-state index in [0.29, 0.717) is 18.1 Å². The lowest BCUT2D eigenvalue weighted by molar-refractivity contribution is -0.236. The van der Waals surface area contributed by atoms with E-state index in [1.54, 1.807) is 18.3 Å². The van der Waals surface area contributed by atoms with Gasteiger partial charge in [-0.05, 0) is 18.4 Å². The van der Waals surface area contributed by atoms with Gasteiger partial charge in [-0.1, -0.05) is 12.8 Å². The third-order valence-corrected chi connectivity index (χ3v) is 5.02. The molecule has 26 heavy (non-hydrogen) atoms. The fraction of sp³-hybridized carbons (Fsp3) is 0.667. The molecule has 2 heterocycles. The summed E-state index contributed by atoms with van der Waals surface area (Å²) in [4.78, 5) is 18.0. The summed E-state index contributed by atoms with van der Waals surface area (Å²) in [5.74, 6) is 1.10. The van der Waals surface area contributed by atoms with Crippen LogP contribution in [-0.4, -0.2) is 71.5 Å². The van der Waals surface area contributed by atoms with E-state index < -0.39 is 24.3 Å². The van der Waals surface area contributed by atoms with Crippen LogP contribution in [0.25, 0.3) is 0 Å². The first kappa shape index (κ1) is 19.0. The van der Waals surface area contributed by atoms with Crippen LogP contribution in [-0.2, 0) is 20.7 Å². The molecular weight excluding hydrogens is 340 g/mol. The van der Waals surface area contributed by atoms with E-state index in [9.17, 15) is 15.0 Å². The van der Waals surface area contributed by atoms with Gasteiger partial charge in [0.05, 0.1) is 19.3 Å². The molecule has 8 nitrogen and oxygen atoms in total. The SMILES string of the molecule is COCOC1(Cc2cc(OCCC3CC3)ccn2)C(=O)N(CO)C1CO. The molecule has 3 rings (SSSR count). The predicted molar refractivity (Wildman–Crippen MR) is 91.3 cm³/mol. The Kier molecular flexibility index (Phi) is 6.08. The minimum absolute atomic E-state index is 0.0981. The molecule has 2 aliphatic rings. The number of hydrogen-bond donors (Lipinski definition) is 2. The Labute approximate surface area is 152 Å². The Balaban J connectivity index is 1.71. The van der Waals surface area contributed by atoms with Crippen LogP contribution < -0.4 is 4.74 Å². The number of nitrogens with zero attached hydrogens (tertiary/aromatic N) is 2. The predicted octanol–water partition coefficient (Wildman–Crippen LogP) is 0.315. The second kappa shape index (κ2) is 8.30. The third kappa shape index (κ3) is 3.83. The molecule has 1 saturated heterocycles. The fourth-order valence-corrected chi connectivity index (χ4v) is 3.35. The topological polar surface area (TPSA) is 101 Å². The third-order valence-electron chi connectivity index (χ3n) is 5.02. The van der Waals surface area contributed by atoms with Crippen molar-refractivity contribution in [3.8, 4) is 5.75 Å². The number of carbonyl (C=O) groups is 1. The van der Waals surface area contributed by atoms with Gasteiger partial charge >= 0.3 is 0 Å². The van der Waals surface area contributed by atoms with Crippen molar-refractivity contribution in [2.45, 2.75) is 37.3 Å². The summed E-state index contributed by atoms with van der Waals surface area (Å²) < 4.78 is 16.4. The molecule has 2 N–H and O–H groups in total. The van der Waals surface area contributed by atoms with Crippen molar-refractivity contribution >= 4 is 5.91 Å². The maximum absolute atomic E-state index is 12.5. The normalized spacial score (nSPS) is 25.3. The van der Waals surface area contributed by atoms with Crippen LogP contribution in [0.5, 0.6) is 5.75 Å². The van der Waals surface area contributed by atoms with E-state index in [1.807, 2.05) is 0 Å². The molecule has 1 aromatic rings. The number of amides is 1. The highest BCUT2D eigenvalue weighted by molar-refractivity contribution is 5.93. The number of rotatable bonds is 11. The van der Waals surface area contributed by atoms with Gasteiger partial charge in [0, 0.05) is 31.5 Å². The smallest absolute Gasteiger partial charge is 0.259 e. The Morgan fingerprint density at radius 3 is 2.85 bits per heavy atom. The second-order valence-electron chi connectivity index (χ2n) is 6.80. The first-order valence-corrected chi connectivity index (χ1v) is 8.88. The quantitative estimate of drug-likeness (QED) is 0.429. The van der Waals surface area contributed by atoms with Crippen LogP contribution in [0.4, 0.5) is 0 Å². The summed E-state index contributed by atoms with van der Waals surface area (Å²) in [6.45, 7) is -0.234. The number of pyridine rings is 1. The van der Waals surface area contributed by atoms with E-state index in [-0.39, 0.29) is 19.8 Å². The standard InChI is InChI=1S/C18H26N2O6/c1-24-12-26-18(16(10-21)20(11-22)17(18)23)9-14-8-15(4-6-19-14)25-7-5-13-2-3-13/h4,6,8,13,16,21-22H,2-3,5,7,9-12H2,1H3. The van der Waals surface area contributed by atoms with Gasteiger partial charge in [0.1, 0.15) is 19.3 Å². The zero-order valence-corrected chi connectivity index (χ0v) is 15.0. The molecule has 1 saturated carbocycles. The van der Waals surface area contributed by atoms with Crippen molar-refractivity contribution in [1.29, 1.82) is 0 Å². The molecule has 0 bridgehead atoms. The average molecular weight is 366 g/mol. The molecule has 2 fully saturated rings. The first-order chi connectivity index (χ1) is 12.6. The lowest BCUT2D eigenvalue weighted by Gasteiger charge is -2.53. The van der Waals surface area contributed by atoms with Gasteiger partial charge in [0.25, 0.3) is 5.91 Å². The summed E-state index contributed by atoms with van der Waals surface area (Å²) in [5, 5.41) is 19.0. The number of methoxy groups -OCH3 is 1. The number of aliphatic hydroxyl groups is 2. The number of aliphatic hydroxyl groups excluding tert-OH is 2. The van der Waals surface area contributed by atoms with Crippen LogP contribution in [0.1, 0.15) is 25.0 Å². The largest absolute Gasteiger partial charge is 0.493 e. The summed E-state index contributed by atoms with van der Waals surface area (Å²) in [7, 11) is 1.46. The van der Waals surface area contributed by atoms with E-state index in [1.165, 1.54) is 24.9 Å². The number of likely N-dealkylation sites (tertiary alicyclic amines) is 1. The molecule has 0 spiro atoms. The average Bonchev–Trinajstić information content (AvgIpc) is 3.47. The van der Waals surface area contributed by atoms with Gasteiger partial charge in [0.15, 0.2) is 5.60 Å². The fourth-order valence-electron chi connectivity index (χ4n) is 3.35. The van der Waals surface area contributed by atoms with Gasteiger partial charge in [-0.25, -0.2) is 0 Å². The van der Waals surface area contributed by atoms with Crippen LogP contribution in [0.3, 0.4) is 0 Å².